The van der Waals surface area contributed by atoms with Gasteiger partial charge in [-0.05, 0) is 96.8 Å². The van der Waals surface area contributed by atoms with E-state index in [2.05, 4.69) is 26.0 Å². The Bertz CT molecular complexity index is 656. The van der Waals surface area contributed by atoms with Crippen LogP contribution < -0.4 is 0 Å². The molecule has 0 radical (unpaired) electrons. The second kappa shape index (κ2) is 8.70. The zero-order chi connectivity index (χ0) is 20.1. The molecular formula is C22H34O4. The second-order valence-corrected chi connectivity index (χ2v) is 8.80. The van der Waals surface area contributed by atoms with Crippen molar-refractivity contribution in [2.45, 2.75) is 80.1 Å². The Balaban J connectivity index is 2.83. The monoisotopic (exact) mass is 362 g/mol. The summed E-state index contributed by atoms with van der Waals surface area (Å²) in [5.74, 6) is -1.51. The third-order valence-corrected chi connectivity index (χ3v) is 5.34. The van der Waals surface area contributed by atoms with E-state index in [9.17, 15) is 19.8 Å². The van der Waals surface area contributed by atoms with E-state index in [-0.39, 0.29) is 0 Å². The number of aliphatic carboxylic acids is 2. The van der Waals surface area contributed by atoms with Crippen molar-refractivity contribution in [1.29, 1.82) is 0 Å². The van der Waals surface area contributed by atoms with Crippen LogP contribution in [0, 0.1) is 24.7 Å². The quantitative estimate of drug-likeness (QED) is 0.602. The summed E-state index contributed by atoms with van der Waals surface area (Å²) in [4.78, 5) is 22.6. The average Bonchev–Trinajstić information content (AvgIpc) is 2.49. The van der Waals surface area contributed by atoms with Crippen LogP contribution in [-0.4, -0.2) is 22.2 Å². The van der Waals surface area contributed by atoms with Crippen molar-refractivity contribution >= 4 is 11.9 Å². The number of aryl methyl sites for hydroxylation is 3. The molecule has 0 aliphatic carbocycles. The van der Waals surface area contributed by atoms with E-state index in [1.54, 1.807) is 27.7 Å². The summed E-state index contributed by atoms with van der Waals surface area (Å²) in [5.41, 5.74) is 3.62. The van der Waals surface area contributed by atoms with Gasteiger partial charge in [-0.15, -0.1) is 0 Å². The first-order valence-electron chi connectivity index (χ1n) is 9.42. The fourth-order valence-electron chi connectivity index (χ4n) is 3.31. The second-order valence-electron chi connectivity index (χ2n) is 8.80. The van der Waals surface area contributed by atoms with Crippen LogP contribution in [0.2, 0.25) is 0 Å². The van der Waals surface area contributed by atoms with Gasteiger partial charge in [0.15, 0.2) is 0 Å². The van der Waals surface area contributed by atoms with E-state index < -0.39 is 22.8 Å². The number of benzene rings is 1. The highest BCUT2D eigenvalue weighted by Crippen LogP contribution is 2.28. The van der Waals surface area contributed by atoms with Gasteiger partial charge in [0.2, 0.25) is 0 Å². The van der Waals surface area contributed by atoms with Crippen molar-refractivity contribution < 1.29 is 19.8 Å². The fourth-order valence-corrected chi connectivity index (χ4v) is 3.31. The first-order valence-corrected chi connectivity index (χ1v) is 9.42. The van der Waals surface area contributed by atoms with Crippen molar-refractivity contribution in [2.24, 2.45) is 10.8 Å². The number of carboxylic acid groups (broad SMARTS) is 2. The molecule has 0 aliphatic heterocycles. The molecule has 4 nitrogen and oxygen atoms in total. The Kier molecular flexibility index (Phi) is 7.43. The maximum Gasteiger partial charge on any atom is 0.309 e. The Hall–Kier alpha value is -1.84. The lowest BCUT2D eigenvalue weighted by Crippen LogP contribution is -2.24. The lowest BCUT2D eigenvalue weighted by molar-refractivity contribution is -0.148. The molecule has 0 unspecified atom stereocenters. The molecule has 0 amide bonds. The maximum atomic E-state index is 11.3. The first-order chi connectivity index (χ1) is 11.9. The van der Waals surface area contributed by atoms with E-state index in [1.807, 2.05) is 0 Å². The topological polar surface area (TPSA) is 74.6 Å². The summed E-state index contributed by atoms with van der Waals surface area (Å²) in [6, 6.07) is 4.36. The van der Waals surface area contributed by atoms with Crippen LogP contribution in [-0.2, 0) is 22.4 Å². The molecule has 1 aromatic carbocycles. The molecule has 0 aliphatic rings. The number of carbonyl (C=O) groups is 2. The van der Waals surface area contributed by atoms with E-state index in [0.29, 0.717) is 12.8 Å². The maximum absolute atomic E-state index is 11.3. The fraction of sp³-hybridized carbons (Fsp3) is 0.636. The Morgan fingerprint density at radius 1 is 0.846 bits per heavy atom. The summed E-state index contributed by atoms with van der Waals surface area (Å²) < 4.78 is 0. The molecule has 0 aromatic heterocycles. The van der Waals surface area contributed by atoms with Gasteiger partial charge in [-0.1, -0.05) is 17.7 Å². The highest BCUT2D eigenvalue weighted by atomic mass is 16.4. The number of hydrogen-bond donors (Lipinski definition) is 2. The van der Waals surface area contributed by atoms with Crippen LogP contribution in [0.1, 0.15) is 75.6 Å². The molecule has 26 heavy (non-hydrogen) atoms. The van der Waals surface area contributed by atoms with E-state index >= 15 is 0 Å². The number of rotatable bonds is 10. The molecule has 1 aromatic rings. The standard InChI is InChI=1S/C22H34O4/c1-15-13-16(2)18(10-8-12-22(5,6)20(25)26)17(14-15)9-7-11-21(3,4)19(23)24/h13-14H,7-12H2,1-6H3,(H,23,24)(H,25,26). The van der Waals surface area contributed by atoms with Gasteiger partial charge in [-0.25, -0.2) is 0 Å². The Morgan fingerprint density at radius 2 is 1.31 bits per heavy atom. The lowest BCUT2D eigenvalue weighted by atomic mass is 9.83. The Labute approximate surface area is 157 Å². The van der Waals surface area contributed by atoms with Crippen molar-refractivity contribution in [3.63, 3.8) is 0 Å². The van der Waals surface area contributed by atoms with Gasteiger partial charge >= 0.3 is 11.9 Å². The molecule has 1 rings (SSSR count). The minimum atomic E-state index is -0.756. The van der Waals surface area contributed by atoms with Crippen LogP contribution in [0.4, 0.5) is 0 Å². The van der Waals surface area contributed by atoms with Crippen LogP contribution in [0.15, 0.2) is 12.1 Å². The molecule has 0 saturated carbocycles. The summed E-state index contributed by atoms with van der Waals surface area (Å²) in [7, 11) is 0. The number of carboxylic acids is 2. The molecule has 0 atom stereocenters. The van der Waals surface area contributed by atoms with Gasteiger partial charge in [0.1, 0.15) is 0 Å². The van der Waals surface area contributed by atoms with Crippen molar-refractivity contribution in [1.82, 2.24) is 0 Å². The first kappa shape index (κ1) is 22.2. The van der Waals surface area contributed by atoms with Gasteiger partial charge < -0.3 is 10.2 Å². The zero-order valence-electron chi connectivity index (χ0n) is 17.1. The molecular weight excluding hydrogens is 328 g/mol. The van der Waals surface area contributed by atoms with E-state index in [0.717, 1.165) is 25.7 Å². The average molecular weight is 363 g/mol. The predicted molar refractivity (Wildman–Crippen MR) is 105 cm³/mol. The van der Waals surface area contributed by atoms with Gasteiger partial charge in [-0.2, -0.15) is 0 Å². The highest BCUT2D eigenvalue weighted by Gasteiger charge is 2.27. The molecule has 0 saturated heterocycles. The van der Waals surface area contributed by atoms with Crippen LogP contribution in [0.5, 0.6) is 0 Å². The van der Waals surface area contributed by atoms with Crippen molar-refractivity contribution in [2.75, 3.05) is 0 Å². The lowest BCUT2D eigenvalue weighted by Gasteiger charge is -2.21. The van der Waals surface area contributed by atoms with Crippen LogP contribution in [0.3, 0.4) is 0 Å². The molecule has 146 valence electrons. The van der Waals surface area contributed by atoms with Gasteiger partial charge in [0, 0.05) is 0 Å². The summed E-state index contributed by atoms with van der Waals surface area (Å²) in [6.45, 7) is 11.3. The zero-order valence-corrected chi connectivity index (χ0v) is 17.1. The number of hydrogen-bond acceptors (Lipinski definition) is 2. The minimum Gasteiger partial charge on any atom is -0.481 e. The molecule has 0 bridgehead atoms. The van der Waals surface area contributed by atoms with Crippen molar-refractivity contribution in [3.8, 4) is 0 Å². The normalized spacial score (nSPS) is 12.2. The summed E-state index contributed by atoms with van der Waals surface area (Å²) >= 11 is 0. The highest BCUT2D eigenvalue weighted by molar-refractivity contribution is 5.73. The molecule has 2 N–H and O–H groups in total. The SMILES string of the molecule is Cc1cc(C)c(CCCC(C)(C)C(=O)O)c(CCCC(C)(C)C(=O)O)c1. The summed E-state index contributed by atoms with van der Waals surface area (Å²) in [5, 5.41) is 18.5. The summed E-state index contributed by atoms with van der Waals surface area (Å²) in [6.07, 6.45) is 4.66. The van der Waals surface area contributed by atoms with Gasteiger partial charge in [-0.3, -0.25) is 9.59 Å². The van der Waals surface area contributed by atoms with Crippen LogP contribution >= 0.6 is 0 Å². The van der Waals surface area contributed by atoms with E-state index in [1.165, 1.54) is 22.3 Å². The Morgan fingerprint density at radius 3 is 1.77 bits per heavy atom. The van der Waals surface area contributed by atoms with Crippen molar-refractivity contribution in [3.05, 3.63) is 34.4 Å². The molecule has 0 fully saturated rings. The third-order valence-electron chi connectivity index (χ3n) is 5.34. The molecule has 4 heteroatoms. The smallest absolute Gasteiger partial charge is 0.309 e. The largest absolute Gasteiger partial charge is 0.481 e. The molecule has 0 spiro atoms. The minimum absolute atomic E-state index is 0.640. The van der Waals surface area contributed by atoms with E-state index in [4.69, 9.17) is 0 Å². The predicted octanol–water partition coefficient (Wildman–Crippen LogP) is 5.17. The third kappa shape index (κ3) is 6.15. The molecule has 0 heterocycles. The van der Waals surface area contributed by atoms with Crippen LogP contribution in [0.25, 0.3) is 0 Å². The van der Waals surface area contributed by atoms with Gasteiger partial charge in [0.05, 0.1) is 10.8 Å². The van der Waals surface area contributed by atoms with Gasteiger partial charge in [0.25, 0.3) is 0 Å².